The van der Waals surface area contributed by atoms with E-state index in [0.717, 1.165) is 11.6 Å². The molecule has 0 aliphatic carbocycles. The molecule has 0 fully saturated rings. The van der Waals surface area contributed by atoms with Crippen LogP contribution in [0.15, 0.2) is 30.3 Å². The second kappa shape index (κ2) is 7.87. The highest BCUT2D eigenvalue weighted by Gasteiger charge is 2.17. The van der Waals surface area contributed by atoms with Gasteiger partial charge in [-0.25, -0.2) is 14.2 Å². The number of hydrogen-bond donors (Lipinski definition) is 2. The quantitative estimate of drug-likeness (QED) is 0.804. The number of alkyl halides is 2. The normalized spacial score (nSPS) is 10.9. The van der Waals surface area contributed by atoms with Crippen molar-refractivity contribution in [1.82, 2.24) is 4.98 Å². The molecular weight excluding hydrogens is 335 g/mol. The molecule has 25 heavy (non-hydrogen) atoms. The largest absolute Gasteiger partial charge is 0.415 e. The van der Waals surface area contributed by atoms with Crippen LogP contribution in [0.5, 0.6) is 5.88 Å². The molecule has 1 heterocycles. The molecule has 1 aromatic carbocycles. The molecule has 2 amide bonds. The number of aryl methyl sites for hydroxylation is 1. The Kier molecular flexibility index (Phi) is 5.84. The summed E-state index contributed by atoms with van der Waals surface area (Å²) in [5, 5.41) is 4.90. The number of benzene rings is 1. The molecule has 0 saturated heterocycles. The summed E-state index contributed by atoms with van der Waals surface area (Å²) >= 11 is 0. The molecule has 0 bridgehead atoms. The van der Waals surface area contributed by atoms with Crippen LogP contribution in [0.1, 0.15) is 31.0 Å². The van der Waals surface area contributed by atoms with E-state index in [-0.39, 0.29) is 17.3 Å². The first-order valence-corrected chi connectivity index (χ1v) is 7.56. The molecule has 134 valence electrons. The second-order valence-corrected chi connectivity index (χ2v) is 5.61. The lowest BCUT2D eigenvalue weighted by Crippen LogP contribution is -2.22. The number of para-hydroxylation sites is 1. The van der Waals surface area contributed by atoms with E-state index in [0.29, 0.717) is 5.69 Å². The van der Waals surface area contributed by atoms with E-state index >= 15 is 0 Å². The third-order valence-corrected chi connectivity index (χ3v) is 3.40. The van der Waals surface area contributed by atoms with E-state index < -0.39 is 24.3 Å². The van der Waals surface area contributed by atoms with Crippen LogP contribution in [0.25, 0.3) is 0 Å². The number of carbonyl (C=O) groups is 1. The maximum absolute atomic E-state index is 13.7. The molecule has 0 radical (unpaired) electrons. The summed E-state index contributed by atoms with van der Waals surface area (Å²) in [4.78, 5) is 15.8. The number of carbonyl (C=O) groups excluding carboxylic acids is 1. The van der Waals surface area contributed by atoms with Gasteiger partial charge in [-0.1, -0.05) is 32.0 Å². The maximum atomic E-state index is 13.7. The number of nitrogens with zero attached hydrogens (tertiary/aromatic N) is 1. The van der Waals surface area contributed by atoms with Crippen LogP contribution in [0.2, 0.25) is 0 Å². The van der Waals surface area contributed by atoms with Gasteiger partial charge >= 0.3 is 12.6 Å². The van der Waals surface area contributed by atoms with Crippen molar-refractivity contribution in [1.29, 1.82) is 0 Å². The first kappa shape index (κ1) is 18.6. The molecule has 2 aromatic rings. The predicted molar refractivity (Wildman–Crippen MR) is 88.7 cm³/mol. The van der Waals surface area contributed by atoms with Crippen molar-refractivity contribution in [3.05, 3.63) is 47.4 Å². The Morgan fingerprint density at radius 1 is 1.16 bits per heavy atom. The predicted octanol–water partition coefficient (Wildman–Crippen LogP) is 4.90. The summed E-state index contributed by atoms with van der Waals surface area (Å²) in [7, 11) is 0. The van der Waals surface area contributed by atoms with E-state index in [1.54, 1.807) is 12.1 Å². The summed E-state index contributed by atoms with van der Waals surface area (Å²) in [6.45, 7) is 2.08. The lowest BCUT2D eigenvalue weighted by molar-refractivity contribution is -0.0524. The van der Waals surface area contributed by atoms with Gasteiger partial charge in [0, 0.05) is 11.8 Å². The van der Waals surface area contributed by atoms with Crippen molar-refractivity contribution in [2.45, 2.75) is 33.3 Å². The average molecular weight is 353 g/mol. The van der Waals surface area contributed by atoms with E-state index in [1.165, 1.54) is 6.92 Å². The fourth-order valence-corrected chi connectivity index (χ4v) is 2.21. The number of halogens is 3. The molecule has 0 aliphatic heterocycles. The van der Waals surface area contributed by atoms with Crippen LogP contribution in [0, 0.1) is 12.7 Å². The molecule has 0 atom stereocenters. The SMILES string of the molecule is Cc1nc(OC(F)F)c(NC(=O)Nc2ccccc2C(C)C)cc1F. The number of rotatable bonds is 5. The van der Waals surface area contributed by atoms with Gasteiger partial charge in [0.2, 0.25) is 5.88 Å². The number of pyridine rings is 1. The molecule has 0 saturated carbocycles. The molecule has 0 unspecified atom stereocenters. The lowest BCUT2D eigenvalue weighted by Gasteiger charge is -2.15. The van der Waals surface area contributed by atoms with Crippen molar-refractivity contribution in [3.8, 4) is 5.88 Å². The monoisotopic (exact) mass is 353 g/mol. The fourth-order valence-electron chi connectivity index (χ4n) is 2.21. The number of anilines is 2. The zero-order valence-electron chi connectivity index (χ0n) is 13.9. The van der Waals surface area contributed by atoms with E-state index in [1.807, 2.05) is 26.0 Å². The fraction of sp³-hybridized carbons (Fsp3) is 0.294. The van der Waals surface area contributed by atoms with Crippen LogP contribution in [0.4, 0.5) is 29.3 Å². The van der Waals surface area contributed by atoms with Crippen molar-refractivity contribution in [3.63, 3.8) is 0 Å². The van der Waals surface area contributed by atoms with Crippen molar-refractivity contribution < 1.29 is 22.7 Å². The van der Waals surface area contributed by atoms with E-state index in [9.17, 15) is 18.0 Å². The van der Waals surface area contributed by atoms with Gasteiger partial charge in [0.05, 0.1) is 5.69 Å². The number of amides is 2. The van der Waals surface area contributed by atoms with Gasteiger partial charge in [0.15, 0.2) is 0 Å². The van der Waals surface area contributed by atoms with Crippen molar-refractivity contribution in [2.75, 3.05) is 10.6 Å². The van der Waals surface area contributed by atoms with Gasteiger partial charge < -0.3 is 15.4 Å². The zero-order valence-corrected chi connectivity index (χ0v) is 13.9. The van der Waals surface area contributed by atoms with Gasteiger partial charge in [-0.3, -0.25) is 0 Å². The number of urea groups is 1. The Morgan fingerprint density at radius 2 is 1.80 bits per heavy atom. The summed E-state index contributed by atoms with van der Waals surface area (Å²) in [5.74, 6) is -1.14. The number of hydrogen-bond acceptors (Lipinski definition) is 3. The average Bonchev–Trinajstić information content (AvgIpc) is 2.52. The van der Waals surface area contributed by atoms with Crippen molar-refractivity contribution in [2.24, 2.45) is 0 Å². The van der Waals surface area contributed by atoms with Gasteiger partial charge in [-0.15, -0.1) is 0 Å². The highest BCUT2D eigenvalue weighted by molar-refractivity contribution is 6.01. The van der Waals surface area contributed by atoms with Gasteiger partial charge in [-0.2, -0.15) is 8.78 Å². The zero-order chi connectivity index (χ0) is 18.6. The Morgan fingerprint density at radius 3 is 2.44 bits per heavy atom. The maximum Gasteiger partial charge on any atom is 0.388 e. The Balaban J connectivity index is 2.22. The van der Waals surface area contributed by atoms with Gasteiger partial charge in [-0.05, 0) is 24.5 Å². The lowest BCUT2D eigenvalue weighted by atomic mass is 10.0. The second-order valence-electron chi connectivity index (χ2n) is 5.61. The molecule has 2 N–H and O–H groups in total. The number of nitrogens with one attached hydrogen (secondary N) is 2. The third-order valence-electron chi connectivity index (χ3n) is 3.40. The summed E-state index contributed by atoms with van der Waals surface area (Å²) < 4.78 is 42.9. The number of aromatic nitrogens is 1. The van der Waals surface area contributed by atoms with E-state index in [4.69, 9.17) is 0 Å². The molecular formula is C17H18F3N3O2. The molecule has 5 nitrogen and oxygen atoms in total. The highest BCUT2D eigenvalue weighted by Crippen LogP contribution is 2.27. The summed E-state index contributed by atoms with van der Waals surface area (Å²) in [6, 6.07) is 7.32. The van der Waals surface area contributed by atoms with Gasteiger partial charge in [0.1, 0.15) is 11.5 Å². The number of ether oxygens (including phenoxy) is 1. The van der Waals surface area contributed by atoms with Crippen LogP contribution in [0.3, 0.4) is 0 Å². The minimum atomic E-state index is -3.15. The van der Waals surface area contributed by atoms with E-state index in [2.05, 4.69) is 20.4 Å². The standard InChI is InChI=1S/C17H18F3N3O2/c1-9(2)11-6-4-5-7-13(11)22-17(24)23-14-8-12(18)10(3)21-15(14)25-16(19)20/h4-9,16H,1-3H3,(H2,22,23,24). The third kappa shape index (κ3) is 4.85. The van der Waals surface area contributed by atoms with Crippen LogP contribution in [-0.4, -0.2) is 17.6 Å². The summed E-state index contributed by atoms with van der Waals surface area (Å²) in [5.41, 5.74) is 1.05. The van der Waals surface area contributed by atoms with Crippen molar-refractivity contribution >= 4 is 17.4 Å². The minimum Gasteiger partial charge on any atom is -0.415 e. The molecule has 8 heteroatoms. The molecule has 2 rings (SSSR count). The smallest absolute Gasteiger partial charge is 0.388 e. The highest BCUT2D eigenvalue weighted by atomic mass is 19.3. The summed E-state index contributed by atoms with van der Waals surface area (Å²) in [6.07, 6.45) is 0. The first-order chi connectivity index (χ1) is 11.8. The van der Waals surface area contributed by atoms with Crippen LogP contribution < -0.4 is 15.4 Å². The first-order valence-electron chi connectivity index (χ1n) is 7.56. The topological polar surface area (TPSA) is 63.2 Å². The molecule has 1 aromatic heterocycles. The van der Waals surface area contributed by atoms with Crippen LogP contribution in [-0.2, 0) is 0 Å². The van der Waals surface area contributed by atoms with Crippen LogP contribution >= 0.6 is 0 Å². The molecule has 0 aliphatic rings. The Labute approximate surface area is 143 Å². The van der Waals surface area contributed by atoms with Gasteiger partial charge in [0.25, 0.3) is 0 Å². The minimum absolute atomic E-state index is 0.119. The molecule has 0 spiro atoms. The Hall–Kier alpha value is -2.77. The Bertz CT molecular complexity index is 767.